The average Bonchev–Trinajstić information content (AvgIpc) is 2.45. The van der Waals surface area contributed by atoms with Crippen LogP contribution in [-0.4, -0.2) is 18.9 Å². The summed E-state index contributed by atoms with van der Waals surface area (Å²) in [5.41, 5.74) is 0.555. The zero-order valence-corrected chi connectivity index (χ0v) is 11.8. The Morgan fingerprint density at radius 1 is 1.05 bits per heavy atom. The molecule has 0 fully saturated rings. The normalized spacial score (nSPS) is 10.8. The third kappa shape index (κ3) is 2.90. The number of hydrogen-bond donors (Lipinski definition) is 0. The first kappa shape index (κ1) is 13.5. The zero-order chi connectivity index (χ0) is 13.8. The van der Waals surface area contributed by atoms with Crippen LogP contribution in [0.4, 0.5) is 0 Å². The van der Waals surface area contributed by atoms with Crippen LogP contribution in [0.25, 0.3) is 10.8 Å². The summed E-state index contributed by atoms with van der Waals surface area (Å²) in [5.74, 6) is -0.774. The number of benzene rings is 2. The van der Waals surface area contributed by atoms with E-state index in [-0.39, 0.29) is 5.78 Å². The van der Waals surface area contributed by atoms with Gasteiger partial charge in [0.05, 0.1) is 7.11 Å². The molecule has 0 radical (unpaired) electrons. The van der Waals surface area contributed by atoms with Crippen molar-refractivity contribution in [1.82, 2.24) is 0 Å². The molecule has 0 atom stereocenters. The molecule has 0 bridgehead atoms. The van der Waals surface area contributed by atoms with Gasteiger partial charge in [-0.3, -0.25) is 4.79 Å². The number of methoxy groups -OCH3 is 1. The van der Waals surface area contributed by atoms with Crippen molar-refractivity contribution in [3.63, 3.8) is 0 Å². The van der Waals surface area contributed by atoms with Gasteiger partial charge in [-0.15, -0.1) is 0 Å². The predicted octanol–water partition coefficient (Wildman–Crippen LogP) is 3.51. The molecule has 0 aliphatic rings. The smallest absolute Gasteiger partial charge is 0.330 e. The minimum atomic E-state index is -0.547. The first-order valence-electron chi connectivity index (χ1n) is 5.61. The van der Waals surface area contributed by atoms with E-state index in [0.29, 0.717) is 5.56 Å². The quantitative estimate of drug-likeness (QED) is 0.494. The van der Waals surface area contributed by atoms with Gasteiger partial charge in [0.15, 0.2) is 5.78 Å². The molecule has 0 heterocycles. The molecule has 0 saturated heterocycles. The lowest BCUT2D eigenvalue weighted by Gasteiger charge is -2.05. The van der Waals surface area contributed by atoms with E-state index < -0.39 is 5.97 Å². The number of ether oxygens (including phenoxy) is 1. The lowest BCUT2D eigenvalue weighted by molar-refractivity contribution is -0.134. The van der Waals surface area contributed by atoms with Crippen molar-refractivity contribution in [2.45, 2.75) is 0 Å². The Kier molecular flexibility index (Phi) is 4.12. The minimum absolute atomic E-state index is 0.228. The Labute approximate surface area is 119 Å². The Balaban J connectivity index is 2.46. The SMILES string of the molecule is COC(=O)/C=C/C(=O)c1ccc(Br)c2ccccc12. The molecule has 19 heavy (non-hydrogen) atoms. The summed E-state index contributed by atoms with van der Waals surface area (Å²) < 4.78 is 5.39. The van der Waals surface area contributed by atoms with Crippen LogP contribution in [0.5, 0.6) is 0 Å². The largest absolute Gasteiger partial charge is 0.466 e. The van der Waals surface area contributed by atoms with E-state index in [1.165, 1.54) is 13.2 Å². The van der Waals surface area contributed by atoms with Crippen LogP contribution < -0.4 is 0 Å². The molecule has 0 unspecified atom stereocenters. The van der Waals surface area contributed by atoms with E-state index in [0.717, 1.165) is 21.3 Å². The molecule has 2 aromatic rings. The number of carbonyl (C=O) groups is 2. The summed E-state index contributed by atoms with van der Waals surface area (Å²) >= 11 is 3.45. The van der Waals surface area contributed by atoms with Gasteiger partial charge >= 0.3 is 5.97 Å². The van der Waals surface area contributed by atoms with Crippen molar-refractivity contribution < 1.29 is 14.3 Å². The van der Waals surface area contributed by atoms with Crippen LogP contribution in [0.3, 0.4) is 0 Å². The summed E-state index contributed by atoms with van der Waals surface area (Å²) in [6, 6.07) is 11.1. The molecule has 0 aliphatic heterocycles. The van der Waals surface area contributed by atoms with Gasteiger partial charge in [-0.05, 0) is 29.0 Å². The molecule has 4 heteroatoms. The molecule has 0 saturated carbocycles. The molecule has 2 aromatic carbocycles. The monoisotopic (exact) mass is 318 g/mol. The molecule has 96 valence electrons. The average molecular weight is 319 g/mol. The highest BCUT2D eigenvalue weighted by atomic mass is 79.9. The van der Waals surface area contributed by atoms with Crippen molar-refractivity contribution in [3.05, 3.63) is 58.6 Å². The van der Waals surface area contributed by atoms with Crippen LogP contribution in [0.2, 0.25) is 0 Å². The van der Waals surface area contributed by atoms with Gasteiger partial charge in [-0.2, -0.15) is 0 Å². The summed E-state index contributed by atoms with van der Waals surface area (Å²) in [6.45, 7) is 0. The number of fused-ring (bicyclic) bond motifs is 1. The highest BCUT2D eigenvalue weighted by Crippen LogP contribution is 2.27. The first-order chi connectivity index (χ1) is 9.13. The lowest BCUT2D eigenvalue weighted by atomic mass is 10.0. The zero-order valence-electron chi connectivity index (χ0n) is 10.2. The van der Waals surface area contributed by atoms with Crippen LogP contribution in [0, 0.1) is 0 Å². The number of halogens is 1. The van der Waals surface area contributed by atoms with E-state index in [4.69, 9.17) is 0 Å². The van der Waals surface area contributed by atoms with Crippen LogP contribution >= 0.6 is 15.9 Å². The van der Waals surface area contributed by atoms with Crippen molar-refractivity contribution in [2.24, 2.45) is 0 Å². The van der Waals surface area contributed by atoms with Crippen molar-refractivity contribution in [1.29, 1.82) is 0 Å². The van der Waals surface area contributed by atoms with Crippen LogP contribution in [-0.2, 0) is 9.53 Å². The van der Waals surface area contributed by atoms with Gasteiger partial charge in [-0.25, -0.2) is 4.79 Å². The van der Waals surface area contributed by atoms with Gasteiger partial charge < -0.3 is 4.74 Å². The molecule has 0 spiro atoms. The van der Waals surface area contributed by atoms with Gasteiger partial charge in [0, 0.05) is 16.1 Å². The lowest BCUT2D eigenvalue weighted by Crippen LogP contribution is -1.99. The van der Waals surface area contributed by atoms with Crippen molar-refractivity contribution in [3.8, 4) is 0 Å². The Bertz CT molecular complexity index is 674. The van der Waals surface area contributed by atoms with E-state index >= 15 is 0 Å². The molecule has 0 aromatic heterocycles. The van der Waals surface area contributed by atoms with Gasteiger partial charge in [0.1, 0.15) is 0 Å². The van der Waals surface area contributed by atoms with Crippen LogP contribution in [0.15, 0.2) is 53.0 Å². The highest BCUT2D eigenvalue weighted by Gasteiger charge is 2.09. The predicted molar refractivity (Wildman–Crippen MR) is 77.1 cm³/mol. The van der Waals surface area contributed by atoms with Crippen molar-refractivity contribution in [2.75, 3.05) is 7.11 Å². The van der Waals surface area contributed by atoms with E-state index in [1.807, 2.05) is 30.3 Å². The Morgan fingerprint density at radius 2 is 1.74 bits per heavy atom. The fraction of sp³-hybridized carbons (Fsp3) is 0.0667. The Hall–Kier alpha value is -1.94. The summed E-state index contributed by atoms with van der Waals surface area (Å²) in [4.78, 5) is 23.1. The second-order valence-electron chi connectivity index (χ2n) is 3.86. The molecule has 0 aliphatic carbocycles. The maximum Gasteiger partial charge on any atom is 0.330 e. The second kappa shape index (κ2) is 5.80. The molecular formula is C15H11BrO3. The standard InChI is InChI=1S/C15H11BrO3/c1-19-15(18)9-8-14(17)12-6-7-13(16)11-5-3-2-4-10(11)12/h2-9H,1H3/b9-8+. The fourth-order valence-electron chi connectivity index (χ4n) is 1.78. The van der Waals surface area contributed by atoms with E-state index in [2.05, 4.69) is 20.7 Å². The van der Waals surface area contributed by atoms with Gasteiger partial charge in [0.25, 0.3) is 0 Å². The topological polar surface area (TPSA) is 43.4 Å². The maximum atomic E-state index is 12.1. The summed E-state index contributed by atoms with van der Waals surface area (Å²) in [7, 11) is 1.27. The van der Waals surface area contributed by atoms with Crippen LogP contribution in [0.1, 0.15) is 10.4 Å². The number of esters is 1. The first-order valence-corrected chi connectivity index (χ1v) is 6.40. The van der Waals surface area contributed by atoms with Gasteiger partial charge in [0.2, 0.25) is 0 Å². The maximum absolute atomic E-state index is 12.1. The van der Waals surface area contributed by atoms with Gasteiger partial charge in [-0.1, -0.05) is 40.2 Å². The third-order valence-electron chi connectivity index (χ3n) is 2.71. The summed E-state index contributed by atoms with van der Waals surface area (Å²) in [5, 5.41) is 1.80. The number of ketones is 1. The molecular weight excluding hydrogens is 308 g/mol. The van der Waals surface area contributed by atoms with Crippen molar-refractivity contribution >= 4 is 38.5 Å². The molecule has 3 nitrogen and oxygen atoms in total. The summed E-state index contributed by atoms with van der Waals surface area (Å²) in [6.07, 6.45) is 2.35. The molecule has 2 rings (SSSR count). The fourth-order valence-corrected chi connectivity index (χ4v) is 2.26. The second-order valence-corrected chi connectivity index (χ2v) is 4.72. The number of hydrogen-bond acceptors (Lipinski definition) is 3. The molecule has 0 N–H and O–H groups in total. The van der Waals surface area contributed by atoms with E-state index in [1.54, 1.807) is 6.07 Å². The molecule has 0 amide bonds. The Morgan fingerprint density at radius 3 is 2.42 bits per heavy atom. The number of carbonyl (C=O) groups excluding carboxylic acids is 2. The highest BCUT2D eigenvalue weighted by molar-refractivity contribution is 9.10. The number of rotatable bonds is 3. The third-order valence-corrected chi connectivity index (χ3v) is 3.40. The minimum Gasteiger partial charge on any atom is -0.466 e. The van der Waals surface area contributed by atoms with E-state index in [9.17, 15) is 9.59 Å². The number of allylic oxidation sites excluding steroid dienone is 1.